The van der Waals surface area contributed by atoms with Gasteiger partial charge >= 0.3 is 0 Å². The second-order valence-corrected chi connectivity index (χ2v) is 5.35. The van der Waals surface area contributed by atoms with E-state index < -0.39 is 0 Å². The first-order valence-corrected chi connectivity index (χ1v) is 6.73. The maximum atomic E-state index is 11.9. The predicted octanol–water partition coefficient (Wildman–Crippen LogP) is 2.81. The minimum Gasteiger partial charge on any atom is -0.314 e. The van der Waals surface area contributed by atoms with Crippen LogP contribution in [-0.4, -0.2) is 29.8 Å². The molecule has 1 aliphatic heterocycles. The third-order valence-electron chi connectivity index (χ3n) is 4.05. The summed E-state index contributed by atoms with van der Waals surface area (Å²) in [5, 5.41) is 11.1. The van der Waals surface area contributed by atoms with Crippen LogP contribution in [0.4, 0.5) is 5.69 Å². The number of amides is 1. The number of carbonyl (C=O) groups is 1. The third-order valence-corrected chi connectivity index (χ3v) is 4.05. The SMILES string of the molecule is CC(=O)N1CCCC(N(C)O)c2ccc(C)c(C)c21. The van der Waals surface area contributed by atoms with Gasteiger partial charge in [0, 0.05) is 20.5 Å². The van der Waals surface area contributed by atoms with Crippen LogP contribution in [0.1, 0.15) is 42.5 Å². The molecular formula is C15H22N2O2. The second kappa shape index (κ2) is 5.31. The number of nitrogens with zero attached hydrogens (tertiary/aromatic N) is 2. The Bertz CT molecular complexity index is 497. The molecular weight excluding hydrogens is 240 g/mol. The Kier molecular flexibility index (Phi) is 3.92. The molecule has 2 rings (SSSR count). The highest BCUT2D eigenvalue weighted by Gasteiger charge is 2.28. The lowest BCUT2D eigenvalue weighted by Gasteiger charge is -2.27. The van der Waals surface area contributed by atoms with Crippen molar-refractivity contribution in [3.8, 4) is 0 Å². The average Bonchev–Trinajstić information content (AvgIpc) is 2.53. The van der Waals surface area contributed by atoms with E-state index >= 15 is 0 Å². The summed E-state index contributed by atoms with van der Waals surface area (Å²) >= 11 is 0. The second-order valence-electron chi connectivity index (χ2n) is 5.35. The molecule has 0 saturated heterocycles. The molecule has 1 aromatic rings. The van der Waals surface area contributed by atoms with Gasteiger partial charge in [-0.3, -0.25) is 4.79 Å². The molecule has 1 unspecified atom stereocenters. The Labute approximate surface area is 114 Å². The number of carbonyl (C=O) groups excluding carboxylic acids is 1. The molecule has 1 N–H and O–H groups in total. The van der Waals surface area contributed by atoms with E-state index in [2.05, 4.69) is 13.0 Å². The first-order chi connectivity index (χ1) is 8.93. The molecule has 0 spiro atoms. The highest BCUT2D eigenvalue weighted by molar-refractivity contribution is 5.93. The number of aryl methyl sites for hydroxylation is 1. The van der Waals surface area contributed by atoms with E-state index in [9.17, 15) is 10.0 Å². The number of fused-ring (bicyclic) bond motifs is 1. The van der Waals surface area contributed by atoms with Crippen molar-refractivity contribution in [3.05, 3.63) is 28.8 Å². The number of hydroxylamine groups is 2. The molecule has 1 atom stereocenters. The summed E-state index contributed by atoms with van der Waals surface area (Å²) in [6, 6.07) is 4.06. The van der Waals surface area contributed by atoms with Gasteiger partial charge in [-0.2, -0.15) is 5.06 Å². The lowest BCUT2D eigenvalue weighted by atomic mass is 9.96. The first-order valence-electron chi connectivity index (χ1n) is 6.73. The Hall–Kier alpha value is -1.39. The van der Waals surface area contributed by atoms with Crippen LogP contribution in [0, 0.1) is 13.8 Å². The Morgan fingerprint density at radius 2 is 2.11 bits per heavy atom. The van der Waals surface area contributed by atoms with Gasteiger partial charge in [0.05, 0.1) is 11.7 Å². The van der Waals surface area contributed by atoms with E-state index in [0.29, 0.717) is 0 Å². The summed E-state index contributed by atoms with van der Waals surface area (Å²) in [5.74, 6) is 0.0659. The van der Waals surface area contributed by atoms with E-state index in [1.807, 2.05) is 17.9 Å². The van der Waals surface area contributed by atoms with Gasteiger partial charge in [0.1, 0.15) is 0 Å². The average molecular weight is 262 g/mol. The Morgan fingerprint density at radius 3 is 2.68 bits per heavy atom. The van der Waals surface area contributed by atoms with Gasteiger partial charge in [0.25, 0.3) is 0 Å². The van der Waals surface area contributed by atoms with Gasteiger partial charge in [-0.1, -0.05) is 12.1 Å². The van der Waals surface area contributed by atoms with Crippen molar-refractivity contribution in [3.63, 3.8) is 0 Å². The molecule has 0 fully saturated rings. The van der Waals surface area contributed by atoms with Gasteiger partial charge in [-0.05, 0) is 43.4 Å². The van der Waals surface area contributed by atoms with E-state index in [-0.39, 0.29) is 11.9 Å². The highest BCUT2D eigenvalue weighted by atomic mass is 16.5. The molecule has 4 nitrogen and oxygen atoms in total. The van der Waals surface area contributed by atoms with E-state index in [0.717, 1.165) is 36.2 Å². The van der Waals surface area contributed by atoms with Crippen LogP contribution in [-0.2, 0) is 4.79 Å². The van der Waals surface area contributed by atoms with Crippen LogP contribution in [0.15, 0.2) is 12.1 Å². The molecule has 0 radical (unpaired) electrons. The molecule has 19 heavy (non-hydrogen) atoms. The number of hydrogen-bond donors (Lipinski definition) is 1. The van der Waals surface area contributed by atoms with Gasteiger partial charge in [0.15, 0.2) is 0 Å². The quantitative estimate of drug-likeness (QED) is 0.791. The lowest BCUT2D eigenvalue weighted by Crippen LogP contribution is -2.30. The summed E-state index contributed by atoms with van der Waals surface area (Å²) in [6.07, 6.45) is 1.74. The Balaban J connectivity index is 2.64. The maximum Gasteiger partial charge on any atom is 0.223 e. The van der Waals surface area contributed by atoms with Crippen molar-refractivity contribution in [2.75, 3.05) is 18.5 Å². The molecule has 1 heterocycles. The molecule has 0 saturated carbocycles. The van der Waals surface area contributed by atoms with E-state index in [4.69, 9.17) is 0 Å². The van der Waals surface area contributed by atoms with Crippen LogP contribution in [0.3, 0.4) is 0 Å². The molecule has 1 aliphatic rings. The standard InChI is InChI=1S/C15H22N2O2/c1-10-7-8-13-14(16(4)19)6-5-9-17(12(3)18)15(13)11(10)2/h7-8,14,19H,5-6,9H2,1-4H3. The fraction of sp³-hybridized carbons (Fsp3) is 0.533. The summed E-state index contributed by atoms with van der Waals surface area (Å²) in [7, 11) is 1.67. The van der Waals surface area contributed by atoms with Crippen LogP contribution >= 0.6 is 0 Å². The van der Waals surface area contributed by atoms with Gasteiger partial charge < -0.3 is 10.1 Å². The zero-order valence-corrected chi connectivity index (χ0v) is 12.1. The Morgan fingerprint density at radius 1 is 1.42 bits per heavy atom. The van der Waals surface area contributed by atoms with Crippen molar-refractivity contribution in [1.29, 1.82) is 0 Å². The third kappa shape index (κ3) is 2.51. The maximum absolute atomic E-state index is 11.9. The minimum absolute atomic E-state index is 0.0429. The lowest BCUT2D eigenvalue weighted by molar-refractivity contribution is -0.116. The molecule has 1 amide bonds. The van der Waals surface area contributed by atoms with Gasteiger partial charge in [-0.25, -0.2) is 0 Å². The molecule has 0 aromatic heterocycles. The largest absolute Gasteiger partial charge is 0.314 e. The zero-order valence-electron chi connectivity index (χ0n) is 12.1. The number of benzene rings is 1. The highest BCUT2D eigenvalue weighted by Crippen LogP contribution is 2.38. The molecule has 0 bridgehead atoms. The van der Waals surface area contributed by atoms with Crippen molar-refractivity contribution in [2.24, 2.45) is 0 Å². The zero-order chi connectivity index (χ0) is 14.2. The molecule has 0 aliphatic carbocycles. The van der Waals surface area contributed by atoms with Crippen molar-refractivity contribution in [2.45, 2.75) is 39.7 Å². The van der Waals surface area contributed by atoms with Crippen LogP contribution < -0.4 is 4.90 Å². The van der Waals surface area contributed by atoms with Gasteiger partial charge in [0.2, 0.25) is 5.91 Å². The smallest absolute Gasteiger partial charge is 0.223 e. The number of hydrogen-bond acceptors (Lipinski definition) is 3. The summed E-state index contributed by atoms with van der Waals surface area (Å²) in [5.41, 5.74) is 4.32. The van der Waals surface area contributed by atoms with Crippen LogP contribution in [0.5, 0.6) is 0 Å². The van der Waals surface area contributed by atoms with E-state index in [1.54, 1.807) is 14.0 Å². The number of rotatable bonds is 1. The summed E-state index contributed by atoms with van der Waals surface area (Å²) in [6.45, 7) is 6.42. The van der Waals surface area contributed by atoms with Crippen LogP contribution in [0.2, 0.25) is 0 Å². The molecule has 1 aromatic carbocycles. The van der Waals surface area contributed by atoms with Crippen molar-refractivity contribution in [1.82, 2.24) is 5.06 Å². The first kappa shape index (κ1) is 14.0. The summed E-state index contributed by atoms with van der Waals surface area (Å²) in [4.78, 5) is 13.8. The number of anilines is 1. The van der Waals surface area contributed by atoms with Crippen LogP contribution in [0.25, 0.3) is 0 Å². The molecule has 104 valence electrons. The molecule has 4 heteroatoms. The fourth-order valence-corrected chi connectivity index (χ4v) is 2.86. The van der Waals surface area contributed by atoms with Crippen molar-refractivity contribution < 1.29 is 10.0 Å². The van der Waals surface area contributed by atoms with Gasteiger partial charge in [-0.15, -0.1) is 0 Å². The summed E-state index contributed by atoms with van der Waals surface area (Å²) < 4.78 is 0. The monoisotopic (exact) mass is 262 g/mol. The van der Waals surface area contributed by atoms with E-state index in [1.165, 1.54) is 10.6 Å². The normalized spacial score (nSPS) is 19.3. The predicted molar refractivity (Wildman–Crippen MR) is 75.5 cm³/mol. The van der Waals surface area contributed by atoms with Crippen molar-refractivity contribution >= 4 is 11.6 Å². The fourth-order valence-electron chi connectivity index (χ4n) is 2.86. The minimum atomic E-state index is -0.0429. The topological polar surface area (TPSA) is 43.8 Å².